The van der Waals surface area contributed by atoms with Gasteiger partial charge in [-0.25, -0.2) is 0 Å². The highest BCUT2D eigenvalue weighted by Crippen LogP contribution is 2.07. The summed E-state index contributed by atoms with van der Waals surface area (Å²) in [4.78, 5) is 15.2. The van der Waals surface area contributed by atoms with Gasteiger partial charge in [-0.3, -0.25) is 4.79 Å². The summed E-state index contributed by atoms with van der Waals surface area (Å²) in [7, 11) is 0. The van der Waals surface area contributed by atoms with Gasteiger partial charge in [0.1, 0.15) is 0 Å². The van der Waals surface area contributed by atoms with Crippen molar-refractivity contribution in [2.75, 3.05) is 0 Å². The van der Waals surface area contributed by atoms with Crippen molar-refractivity contribution in [1.82, 2.24) is 4.98 Å². The van der Waals surface area contributed by atoms with Gasteiger partial charge in [0.05, 0.1) is 10.9 Å². The fraction of sp³-hybridized carbons (Fsp3) is 0.0667. The van der Waals surface area contributed by atoms with Crippen molar-refractivity contribution >= 4 is 16.7 Å². The summed E-state index contributed by atoms with van der Waals surface area (Å²) in [5, 5.41) is 1.11. The van der Waals surface area contributed by atoms with E-state index in [9.17, 15) is 4.79 Å². The van der Waals surface area contributed by atoms with E-state index in [1.54, 1.807) is 0 Å². The molecule has 18 heavy (non-hydrogen) atoms. The minimum atomic E-state index is 0.121. The molecule has 2 aromatic heterocycles. The number of H-pyrrole nitrogens is 1. The number of ketones is 1. The van der Waals surface area contributed by atoms with Crippen LogP contribution in [0, 0.1) is 0 Å². The predicted molar refractivity (Wildman–Crippen MR) is 69.3 cm³/mol. The summed E-state index contributed by atoms with van der Waals surface area (Å²) >= 11 is 0. The van der Waals surface area contributed by atoms with Crippen molar-refractivity contribution in [3.05, 3.63) is 66.6 Å². The van der Waals surface area contributed by atoms with Crippen LogP contribution in [0.3, 0.4) is 0 Å². The highest BCUT2D eigenvalue weighted by molar-refractivity contribution is 5.95. The molecule has 0 spiro atoms. The van der Waals surface area contributed by atoms with E-state index in [2.05, 4.69) is 4.98 Å². The van der Waals surface area contributed by atoms with Gasteiger partial charge in [0.2, 0.25) is 12.3 Å². The quantitative estimate of drug-likeness (QED) is 0.551. The molecule has 2 heterocycles. The van der Waals surface area contributed by atoms with Gasteiger partial charge in [-0.05, 0) is 6.07 Å². The molecule has 0 radical (unpaired) electrons. The Kier molecular flexibility index (Phi) is 2.65. The lowest BCUT2D eigenvalue weighted by Crippen LogP contribution is -2.37. The Hall–Kier alpha value is -2.42. The number of hydrogen-bond acceptors (Lipinski definition) is 1. The van der Waals surface area contributed by atoms with Crippen molar-refractivity contribution in [3.63, 3.8) is 0 Å². The van der Waals surface area contributed by atoms with Gasteiger partial charge < -0.3 is 4.98 Å². The molecule has 1 N–H and O–H groups in total. The Balaban J connectivity index is 1.86. The lowest BCUT2D eigenvalue weighted by molar-refractivity contribution is -0.681. The number of pyridine rings is 1. The zero-order chi connectivity index (χ0) is 12.4. The van der Waals surface area contributed by atoms with Gasteiger partial charge in [0, 0.05) is 17.8 Å². The lowest BCUT2D eigenvalue weighted by atomic mass is 10.1. The highest BCUT2D eigenvalue weighted by atomic mass is 16.1. The second kappa shape index (κ2) is 4.45. The summed E-state index contributed by atoms with van der Waals surface area (Å²) in [6.45, 7) is 0.366. The van der Waals surface area contributed by atoms with Gasteiger partial charge in [0.15, 0.2) is 12.4 Å². The summed E-state index contributed by atoms with van der Waals surface area (Å²) < 4.78 is 1.91. The zero-order valence-corrected chi connectivity index (χ0v) is 9.84. The topological polar surface area (TPSA) is 36.7 Å². The third-order valence-electron chi connectivity index (χ3n) is 2.97. The second-order valence-electron chi connectivity index (χ2n) is 4.25. The van der Waals surface area contributed by atoms with E-state index < -0.39 is 0 Å². The Morgan fingerprint density at radius 1 is 1.11 bits per heavy atom. The molecule has 88 valence electrons. The number of rotatable bonds is 3. The number of hydrogen-bond donors (Lipinski definition) is 1. The maximum atomic E-state index is 12.1. The summed E-state index contributed by atoms with van der Waals surface area (Å²) in [6, 6.07) is 13.3. The van der Waals surface area contributed by atoms with E-state index in [4.69, 9.17) is 0 Å². The molecular weight excluding hydrogens is 224 g/mol. The molecule has 0 aliphatic heterocycles. The van der Waals surface area contributed by atoms with Crippen LogP contribution in [0.15, 0.2) is 61.1 Å². The van der Waals surface area contributed by atoms with E-state index in [0.29, 0.717) is 6.54 Å². The minimum Gasteiger partial charge on any atom is -0.361 e. The van der Waals surface area contributed by atoms with Gasteiger partial charge >= 0.3 is 0 Å². The van der Waals surface area contributed by atoms with Crippen LogP contribution in [-0.4, -0.2) is 10.8 Å². The van der Waals surface area contributed by atoms with Crippen LogP contribution in [-0.2, 0) is 6.54 Å². The fourth-order valence-electron chi connectivity index (χ4n) is 2.02. The fourth-order valence-corrected chi connectivity index (χ4v) is 2.02. The number of carbonyl (C=O) groups excluding carboxylic acids is 1. The minimum absolute atomic E-state index is 0.121. The molecule has 3 rings (SSSR count). The first kappa shape index (κ1) is 10.7. The largest absolute Gasteiger partial charge is 0.361 e. The summed E-state index contributed by atoms with van der Waals surface area (Å²) in [5.74, 6) is 0.121. The van der Waals surface area contributed by atoms with Crippen molar-refractivity contribution in [2.24, 2.45) is 0 Å². The molecule has 0 fully saturated rings. The summed E-state index contributed by atoms with van der Waals surface area (Å²) in [6.07, 6.45) is 5.79. The van der Waals surface area contributed by atoms with Crippen LogP contribution in [0.25, 0.3) is 10.9 Å². The van der Waals surface area contributed by atoms with E-state index in [1.807, 2.05) is 65.6 Å². The average Bonchev–Trinajstić information content (AvgIpc) is 2.87. The molecule has 0 amide bonds. The first-order valence-electron chi connectivity index (χ1n) is 5.87. The Morgan fingerprint density at radius 3 is 2.78 bits per heavy atom. The van der Waals surface area contributed by atoms with Crippen molar-refractivity contribution < 1.29 is 9.36 Å². The number of nitrogens with one attached hydrogen (secondary N) is 1. The van der Waals surface area contributed by atoms with Gasteiger partial charge in [0.25, 0.3) is 0 Å². The van der Waals surface area contributed by atoms with E-state index in [1.165, 1.54) is 0 Å². The molecule has 3 heteroatoms. The Bertz CT molecular complexity index is 686. The molecule has 0 aliphatic rings. The van der Waals surface area contributed by atoms with E-state index in [-0.39, 0.29) is 5.78 Å². The van der Waals surface area contributed by atoms with E-state index in [0.717, 1.165) is 16.5 Å². The Labute approximate surface area is 105 Å². The number of benzene rings is 1. The molecule has 0 aliphatic carbocycles. The van der Waals surface area contributed by atoms with Crippen molar-refractivity contribution in [2.45, 2.75) is 6.54 Å². The van der Waals surface area contributed by atoms with Crippen LogP contribution in [0.1, 0.15) is 10.4 Å². The third kappa shape index (κ3) is 2.02. The number of aromatic amines is 1. The third-order valence-corrected chi connectivity index (χ3v) is 2.97. The first-order valence-corrected chi connectivity index (χ1v) is 5.87. The first-order chi connectivity index (χ1) is 8.83. The second-order valence-corrected chi connectivity index (χ2v) is 4.25. The van der Waals surface area contributed by atoms with Crippen LogP contribution >= 0.6 is 0 Å². The molecule has 0 unspecified atom stereocenters. The monoisotopic (exact) mass is 237 g/mol. The highest BCUT2D eigenvalue weighted by Gasteiger charge is 2.12. The standard InChI is InChI=1S/C15H12N2O/c18-15(12-4-2-1-3-5-12)11-17-9-7-14-13(10-17)6-8-16-14/h1-10H,11H2/p+1. The maximum Gasteiger partial charge on any atom is 0.227 e. The molecule has 1 aromatic carbocycles. The maximum absolute atomic E-state index is 12.1. The lowest BCUT2D eigenvalue weighted by Gasteiger charge is -1.98. The molecular formula is C15H13N2O+. The van der Waals surface area contributed by atoms with Crippen LogP contribution in [0.4, 0.5) is 0 Å². The predicted octanol–water partition coefficient (Wildman–Crippen LogP) is 2.34. The number of nitrogens with zero attached hydrogens (tertiary/aromatic N) is 1. The average molecular weight is 237 g/mol. The van der Waals surface area contributed by atoms with Crippen molar-refractivity contribution in [3.8, 4) is 0 Å². The summed E-state index contributed by atoms with van der Waals surface area (Å²) in [5.41, 5.74) is 1.83. The van der Waals surface area contributed by atoms with Crippen LogP contribution < -0.4 is 4.57 Å². The molecule has 0 saturated heterocycles. The normalized spacial score (nSPS) is 10.7. The van der Waals surface area contributed by atoms with Gasteiger partial charge in [-0.1, -0.05) is 30.3 Å². The van der Waals surface area contributed by atoms with Crippen LogP contribution in [0.2, 0.25) is 0 Å². The van der Waals surface area contributed by atoms with E-state index >= 15 is 0 Å². The zero-order valence-electron chi connectivity index (χ0n) is 9.84. The number of fused-ring (bicyclic) bond motifs is 1. The van der Waals surface area contributed by atoms with Crippen LogP contribution in [0.5, 0.6) is 0 Å². The molecule has 3 nitrogen and oxygen atoms in total. The molecule has 0 atom stereocenters. The Morgan fingerprint density at radius 2 is 1.94 bits per heavy atom. The van der Waals surface area contributed by atoms with Gasteiger partial charge in [-0.2, -0.15) is 4.57 Å². The SMILES string of the molecule is O=C(C[n+]1ccc2[nH]ccc2c1)c1ccccc1. The van der Waals surface area contributed by atoms with Gasteiger partial charge in [-0.15, -0.1) is 0 Å². The number of aromatic nitrogens is 2. The number of Topliss-reactive ketones (excluding diaryl/α,β-unsaturated/α-hetero) is 1. The molecule has 0 bridgehead atoms. The number of carbonyl (C=O) groups is 1. The smallest absolute Gasteiger partial charge is 0.227 e. The van der Waals surface area contributed by atoms with Crippen molar-refractivity contribution in [1.29, 1.82) is 0 Å². The molecule has 3 aromatic rings. The molecule has 0 saturated carbocycles.